The van der Waals surface area contributed by atoms with Crippen molar-refractivity contribution in [3.63, 3.8) is 0 Å². The molecule has 0 radical (unpaired) electrons. The van der Waals surface area contributed by atoms with Crippen LogP contribution in [0.1, 0.15) is 32.1 Å². The fourth-order valence-electron chi connectivity index (χ4n) is 4.42. The Morgan fingerprint density at radius 2 is 1.83 bits per heavy atom. The first kappa shape index (κ1) is 7.37. The van der Waals surface area contributed by atoms with Gasteiger partial charge in [-0.1, -0.05) is 6.42 Å². The maximum atomic E-state index is 9.21. The lowest BCUT2D eigenvalue weighted by molar-refractivity contribution is 0.121. The molecule has 2 bridgehead atoms. The average Bonchev–Trinajstić information content (AvgIpc) is 2.75. The van der Waals surface area contributed by atoms with E-state index in [1.807, 2.05) is 0 Å². The fourth-order valence-corrected chi connectivity index (χ4v) is 4.42. The Bertz CT molecular complexity index is 187. The second kappa shape index (κ2) is 2.47. The molecule has 3 saturated carbocycles. The molecule has 3 aliphatic carbocycles. The molecule has 0 aromatic heterocycles. The molecule has 0 heterocycles. The van der Waals surface area contributed by atoms with Crippen LogP contribution in [0, 0.1) is 29.6 Å². The van der Waals surface area contributed by atoms with E-state index in [2.05, 4.69) is 0 Å². The van der Waals surface area contributed by atoms with Crippen molar-refractivity contribution in [2.75, 3.05) is 6.61 Å². The van der Waals surface area contributed by atoms with Crippen LogP contribution in [0.2, 0.25) is 0 Å². The first-order valence-electron chi connectivity index (χ1n) is 5.51. The summed E-state index contributed by atoms with van der Waals surface area (Å²) in [7, 11) is 0. The summed E-state index contributed by atoms with van der Waals surface area (Å²) in [6, 6.07) is 0. The second-order valence-electron chi connectivity index (χ2n) is 5.10. The summed E-state index contributed by atoms with van der Waals surface area (Å²) >= 11 is 0. The van der Waals surface area contributed by atoms with E-state index in [1.54, 1.807) is 0 Å². The zero-order chi connectivity index (χ0) is 8.13. The van der Waals surface area contributed by atoms with Crippen molar-refractivity contribution >= 4 is 0 Å². The highest BCUT2D eigenvalue weighted by atomic mass is 16.3. The van der Waals surface area contributed by atoms with Gasteiger partial charge in [-0.05, 0) is 55.3 Å². The normalized spacial score (nSPS) is 56.2. The van der Waals surface area contributed by atoms with Gasteiger partial charge in [0.05, 0.1) is 0 Å². The Balaban J connectivity index is 1.83. The molecule has 5 atom stereocenters. The van der Waals surface area contributed by atoms with E-state index < -0.39 is 0 Å². The molecule has 0 saturated heterocycles. The highest BCUT2D eigenvalue weighted by molar-refractivity contribution is 5.02. The molecule has 0 aromatic rings. The average molecular weight is 166 g/mol. The van der Waals surface area contributed by atoms with Gasteiger partial charge in [-0.25, -0.2) is 0 Å². The summed E-state index contributed by atoms with van der Waals surface area (Å²) in [5.41, 5.74) is 0. The van der Waals surface area contributed by atoms with Crippen molar-refractivity contribution < 1.29 is 5.11 Å². The number of hydrogen-bond acceptors (Lipinski definition) is 1. The summed E-state index contributed by atoms with van der Waals surface area (Å²) in [6.45, 7) is 0.463. The Kier molecular flexibility index (Phi) is 1.52. The maximum absolute atomic E-state index is 9.21. The molecular formula is C11H18O. The number of rotatable bonds is 1. The van der Waals surface area contributed by atoms with Crippen LogP contribution in [-0.2, 0) is 0 Å². The molecule has 12 heavy (non-hydrogen) atoms. The minimum absolute atomic E-state index is 0.463. The summed E-state index contributed by atoms with van der Waals surface area (Å²) in [4.78, 5) is 0. The van der Waals surface area contributed by atoms with Crippen LogP contribution in [0.4, 0.5) is 0 Å². The molecule has 0 aromatic carbocycles. The highest BCUT2D eigenvalue weighted by Gasteiger charge is 2.53. The number of fused-ring (bicyclic) bond motifs is 5. The van der Waals surface area contributed by atoms with Crippen molar-refractivity contribution in [1.29, 1.82) is 0 Å². The number of aliphatic hydroxyl groups excluding tert-OH is 1. The molecule has 3 aliphatic rings. The third kappa shape index (κ3) is 0.783. The Hall–Kier alpha value is -0.0400. The van der Waals surface area contributed by atoms with Crippen LogP contribution in [0.5, 0.6) is 0 Å². The first-order valence-corrected chi connectivity index (χ1v) is 5.51. The fraction of sp³-hybridized carbons (Fsp3) is 1.00. The Morgan fingerprint density at radius 1 is 1.00 bits per heavy atom. The standard InChI is InChI=1S/C11H18O/c12-6-8-4-7-5-11(8)10-3-1-2-9(7)10/h7-12H,1-6H2/t7-,8+,9+,10+,11+/m1/s1. The molecule has 1 heteroatoms. The smallest absolute Gasteiger partial charge is 0.0462 e. The second-order valence-corrected chi connectivity index (χ2v) is 5.10. The minimum atomic E-state index is 0.463. The van der Waals surface area contributed by atoms with Crippen LogP contribution in [0.15, 0.2) is 0 Å². The lowest BCUT2D eigenvalue weighted by Crippen LogP contribution is -2.26. The van der Waals surface area contributed by atoms with Gasteiger partial charge < -0.3 is 5.11 Å². The minimum Gasteiger partial charge on any atom is -0.396 e. The summed E-state index contributed by atoms with van der Waals surface area (Å²) in [6.07, 6.45) is 7.26. The van der Waals surface area contributed by atoms with Gasteiger partial charge in [-0.3, -0.25) is 0 Å². The molecule has 0 aliphatic heterocycles. The number of aliphatic hydroxyl groups is 1. The highest BCUT2D eigenvalue weighted by Crippen LogP contribution is 2.60. The molecule has 1 nitrogen and oxygen atoms in total. The third-order valence-corrected chi connectivity index (χ3v) is 4.80. The van der Waals surface area contributed by atoms with Gasteiger partial charge in [-0.2, -0.15) is 0 Å². The molecule has 3 fully saturated rings. The predicted molar refractivity (Wildman–Crippen MR) is 47.6 cm³/mol. The maximum Gasteiger partial charge on any atom is 0.0462 e. The molecule has 0 unspecified atom stereocenters. The van der Waals surface area contributed by atoms with Gasteiger partial charge in [-0.15, -0.1) is 0 Å². The van der Waals surface area contributed by atoms with Gasteiger partial charge in [0.15, 0.2) is 0 Å². The van der Waals surface area contributed by atoms with Gasteiger partial charge >= 0.3 is 0 Å². The van der Waals surface area contributed by atoms with E-state index in [0.29, 0.717) is 12.5 Å². The quantitative estimate of drug-likeness (QED) is 0.632. The Labute approximate surface area is 74.2 Å². The Morgan fingerprint density at radius 3 is 2.67 bits per heavy atom. The van der Waals surface area contributed by atoms with Gasteiger partial charge in [0.2, 0.25) is 0 Å². The van der Waals surface area contributed by atoms with Crippen LogP contribution in [-0.4, -0.2) is 11.7 Å². The summed E-state index contributed by atoms with van der Waals surface area (Å²) in [5.74, 6) is 4.74. The zero-order valence-electron chi connectivity index (χ0n) is 7.58. The topological polar surface area (TPSA) is 20.2 Å². The number of hydrogen-bond donors (Lipinski definition) is 1. The lowest BCUT2D eigenvalue weighted by Gasteiger charge is -2.30. The SMILES string of the molecule is OC[C@@H]1C[C@@H]2C[C@@H]1[C@H]1CCC[C@@H]21. The first-order chi connectivity index (χ1) is 5.90. The molecule has 1 N–H and O–H groups in total. The van der Waals surface area contributed by atoms with Crippen molar-refractivity contribution in [3.05, 3.63) is 0 Å². The van der Waals surface area contributed by atoms with E-state index in [1.165, 1.54) is 32.1 Å². The van der Waals surface area contributed by atoms with Crippen molar-refractivity contribution in [2.45, 2.75) is 32.1 Å². The van der Waals surface area contributed by atoms with E-state index in [9.17, 15) is 5.11 Å². The zero-order valence-corrected chi connectivity index (χ0v) is 7.58. The van der Waals surface area contributed by atoms with Gasteiger partial charge in [0.25, 0.3) is 0 Å². The van der Waals surface area contributed by atoms with Crippen molar-refractivity contribution in [3.8, 4) is 0 Å². The molecule has 0 spiro atoms. The largest absolute Gasteiger partial charge is 0.396 e. The summed E-state index contributed by atoms with van der Waals surface area (Å²) < 4.78 is 0. The summed E-state index contributed by atoms with van der Waals surface area (Å²) in [5, 5.41) is 9.21. The van der Waals surface area contributed by atoms with Gasteiger partial charge in [0, 0.05) is 6.61 Å². The van der Waals surface area contributed by atoms with Crippen molar-refractivity contribution in [2.24, 2.45) is 29.6 Å². The van der Waals surface area contributed by atoms with Crippen LogP contribution in [0.25, 0.3) is 0 Å². The third-order valence-electron chi connectivity index (χ3n) is 4.80. The van der Waals surface area contributed by atoms with E-state index in [-0.39, 0.29) is 0 Å². The lowest BCUT2D eigenvalue weighted by atomic mass is 9.76. The van der Waals surface area contributed by atoms with Crippen LogP contribution < -0.4 is 0 Å². The van der Waals surface area contributed by atoms with Crippen LogP contribution in [0.3, 0.4) is 0 Å². The van der Waals surface area contributed by atoms with E-state index in [0.717, 1.165) is 23.7 Å². The molecule has 0 amide bonds. The van der Waals surface area contributed by atoms with Gasteiger partial charge in [0.1, 0.15) is 0 Å². The predicted octanol–water partition coefficient (Wildman–Crippen LogP) is 2.05. The molecule has 68 valence electrons. The van der Waals surface area contributed by atoms with Crippen LogP contribution >= 0.6 is 0 Å². The van der Waals surface area contributed by atoms with Crippen molar-refractivity contribution in [1.82, 2.24) is 0 Å². The molecule has 3 rings (SSSR count). The van der Waals surface area contributed by atoms with E-state index in [4.69, 9.17) is 0 Å². The van der Waals surface area contributed by atoms with E-state index >= 15 is 0 Å². The monoisotopic (exact) mass is 166 g/mol. The molecular weight excluding hydrogens is 148 g/mol.